The number of hydrogen-bond donors (Lipinski definition) is 0. The highest BCUT2D eigenvalue weighted by atomic mass is 16.2. The van der Waals surface area contributed by atoms with Crippen molar-refractivity contribution in [2.45, 2.75) is 19.9 Å². The zero-order valence-electron chi connectivity index (χ0n) is 7.15. The van der Waals surface area contributed by atoms with Crippen LogP contribution in [0.5, 0.6) is 0 Å². The molecule has 0 aliphatic heterocycles. The molecular weight excluding hydrogens is 158 g/mol. The number of hydrogen-bond acceptors (Lipinski definition) is 3. The van der Waals surface area contributed by atoms with Crippen molar-refractivity contribution < 1.29 is 4.79 Å². The van der Waals surface area contributed by atoms with Gasteiger partial charge in [0.05, 0.1) is 6.54 Å². The molecule has 1 rings (SSSR count). The monoisotopic (exact) mass is 169 g/mol. The van der Waals surface area contributed by atoms with E-state index in [0.717, 1.165) is 0 Å². The van der Waals surface area contributed by atoms with Gasteiger partial charge in [0.1, 0.15) is 12.1 Å². The Labute approximate surface area is 69.6 Å². The number of carbonyl (C=O) groups is 1. The quantitative estimate of drug-likeness (QED) is 0.616. The van der Waals surface area contributed by atoms with Crippen molar-refractivity contribution in [1.29, 1.82) is 0 Å². The Morgan fingerprint density at radius 1 is 1.67 bits per heavy atom. The van der Waals surface area contributed by atoms with Gasteiger partial charge in [-0.2, -0.15) is 5.10 Å². The zero-order chi connectivity index (χ0) is 9.14. The average Bonchev–Trinajstić information content (AvgIpc) is 2.30. The zero-order valence-corrected chi connectivity index (χ0v) is 7.15. The van der Waals surface area contributed by atoms with Gasteiger partial charge in [-0.25, -0.2) is 9.48 Å². The Balaban J connectivity index is 2.70. The van der Waals surface area contributed by atoms with Crippen LogP contribution in [-0.2, 0) is 18.4 Å². The van der Waals surface area contributed by atoms with Gasteiger partial charge in [-0.3, -0.25) is 9.36 Å². The fraction of sp³-hybridized carbons (Fsp3) is 0.571. The predicted octanol–water partition coefficient (Wildman–Crippen LogP) is -0.439. The summed E-state index contributed by atoms with van der Waals surface area (Å²) in [4.78, 5) is 21.7. The Kier molecular flexibility index (Phi) is 2.42. The number of aromatic nitrogens is 3. The van der Waals surface area contributed by atoms with E-state index in [1.807, 2.05) is 0 Å². The summed E-state index contributed by atoms with van der Waals surface area (Å²) < 4.78 is 2.65. The van der Waals surface area contributed by atoms with Crippen LogP contribution in [0.1, 0.15) is 13.3 Å². The van der Waals surface area contributed by atoms with Crippen molar-refractivity contribution in [1.82, 2.24) is 14.3 Å². The van der Waals surface area contributed by atoms with Gasteiger partial charge < -0.3 is 0 Å². The topological polar surface area (TPSA) is 56.9 Å². The van der Waals surface area contributed by atoms with Crippen LogP contribution in [0.3, 0.4) is 0 Å². The second-order valence-electron chi connectivity index (χ2n) is 2.70. The summed E-state index contributed by atoms with van der Waals surface area (Å²) in [6.07, 6.45) is 1.79. The highest BCUT2D eigenvalue weighted by Gasteiger charge is 2.01. The van der Waals surface area contributed by atoms with Crippen LogP contribution in [0.2, 0.25) is 0 Å². The standard InChI is InChI=1S/C7H11N3O2/c1-6(11)3-4-10-7(12)9(2)5-8-10/h5H,3-4H2,1-2H3. The normalized spacial score (nSPS) is 10.2. The van der Waals surface area contributed by atoms with Crippen LogP contribution in [0.25, 0.3) is 0 Å². The van der Waals surface area contributed by atoms with Crippen LogP contribution in [0.4, 0.5) is 0 Å². The first kappa shape index (κ1) is 8.70. The molecule has 0 atom stereocenters. The molecule has 12 heavy (non-hydrogen) atoms. The summed E-state index contributed by atoms with van der Waals surface area (Å²) in [6.45, 7) is 1.86. The molecule has 0 amide bonds. The van der Waals surface area contributed by atoms with E-state index in [0.29, 0.717) is 13.0 Å². The maximum Gasteiger partial charge on any atom is 0.345 e. The van der Waals surface area contributed by atoms with Crippen molar-refractivity contribution in [3.8, 4) is 0 Å². The van der Waals surface area contributed by atoms with E-state index >= 15 is 0 Å². The molecule has 1 aromatic rings. The van der Waals surface area contributed by atoms with Gasteiger partial charge in [0.2, 0.25) is 0 Å². The van der Waals surface area contributed by atoms with E-state index in [9.17, 15) is 9.59 Å². The molecule has 0 aromatic carbocycles. The molecule has 1 heterocycles. The Hall–Kier alpha value is -1.39. The van der Waals surface area contributed by atoms with E-state index in [2.05, 4.69) is 5.10 Å². The molecule has 0 saturated heterocycles. The molecular formula is C7H11N3O2. The lowest BCUT2D eigenvalue weighted by molar-refractivity contribution is -0.117. The van der Waals surface area contributed by atoms with Crippen molar-refractivity contribution in [2.24, 2.45) is 7.05 Å². The van der Waals surface area contributed by atoms with Gasteiger partial charge in [-0.05, 0) is 6.92 Å². The molecule has 0 unspecified atom stereocenters. The van der Waals surface area contributed by atoms with Crippen molar-refractivity contribution in [3.05, 3.63) is 16.8 Å². The summed E-state index contributed by atoms with van der Waals surface area (Å²) >= 11 is 0. The molecule has 0 bridgehead atoms. The molecule has 5 heteroatoms. The summed E-state index contributed by atoms with van der Waals surface area (Å²) in [5.41, 5.74) is -0.184. The van der Waals surface area contributed by atoms with Gasteiger partial charge in [-0.15, -0.1) is 0 Å². The van der Waals surface area contributed by atoms with E-state index in [4.69, 9.17) is 0 Å². The van der Waals surface area contributed by atoms with E-state index in [1.54, 1.807) is 7.05 Å². The molecule has 66 valence electrons. The summed E-state index contributed by atoms with van der Waals surface area (Å²) in [7, 11) is 1.62. The minimum absolute atomic E-state index is 0.0625. The van der Waals surface area contributed by atoms with E-state index in [1.165, 1.54) is 22.5 Å². The van der Waals surface area contributed by atoms with Crippen LogP contribution < -0.4 is 5.69 Å². The first-order chi connectivity index (χ1) is 5.61. The molecule has 0 saturated carbocycles. The van der Waals surface area contributed by atoms with Crippen LogP contribution in [0, 0.1) is 0 Å². The molecule has 1 aromatic heterocycles. The second-order valence-corrected chi connectivity index (χ2v) is 2.70. The molecule has 5 nitrogen and oxygen atoms in total. The number of Topliss-reactive ketones (excluding diaryl/α,β-unsaturated/α-hetero) is 1. The van der Waals surface area contributed by atoms with Gasteiger partial charge in [0.25, 0.3) is 0 Å². The molecule has 0 aliphatic rings. The SMILES string of the molecule is CC(=O)CCn1ncn(C)c1=O. The lowest BCUT2D eigenvalue weighted by Crippen LogP contribution is -2.23. The first-order valence-corrected chi connectivity index (χ1v) is 3.69. The van der Waals surface area contributed by atoms with Crippen LogP contribution in [-0.4, -0.2) is 20.1 Å². The highest BCUT2D eigenvalue weighted by molar-refractivity contribution is 5.75. The average molecular weight is 169 g/mol. The molecule has 0 N–H and O–H groups in total. The number of carbonyl (C=O) groups excluding carboxylic acids is 1. The Bertz CT molecular complexity index is 337. The van der Waals surface area contributed by atoms with Crippen molar-refractivity contribution >= 4 is 5.78 Å². The number of rotatable bonds is 3. The van der Waals surface area contributed by atoms with Gasteiger partial charge in [-0.1, -0.05) is 0 Å². The van der Waals surface area contributed by atoms with Gasteiger partial charge in [0, 0.05) is 13.5 Å². The van der Waals surface area contributed by atoms with Gasteiger partial charge >= 0.3 is 5.69 Å². The summed E-state index contributed by atoms with van der Waals surface area (Å²) in [6, 6.07) is 0. The lowest BCUT2D eigenvalue weighted by atomic mass is 10.3. The van der Waals surface area contributed by atoms with Gasteiger partial charge in [0.15, 0.2) is 0 Å². The third-order valence-electron chi connectivity index (χ3n) is 1.56. The lowest BCUT2D eigenvalue weighted by Gasteiger charge is -1.94. The second kappa shape index (κ2) is 3.34. The molecule has 0 aliphatic carbocycles. The smallest absolute Gasteiger partial charge is 0.300 e. The minimum atomic E-state index is -0.184. The van der Waals surface area contributed by atoms with E-state index in [-0.39, 0.29) is 11.5 Å². The van der Waals surface area contributed by atoms with Crippen molar-refractivity contribution in [3.63, 3.8) is 0 Å². The minimum Gasteiger partial charge on any atom is -0.300 e. The number of ketones is 1. The third kappa shape index (κ3) is 1.81. The fourth-order valence-electron chi connectivity index (χ4n) is 0.837. The number of aryl methyl sites for hydroxylation is 2. The molecule has 0 radical (unpaired) electrons. The fourth-order valence-corrected chi connectivity index (χ4v) is 0.837. The largest absolute Gasteiger partial charge is 0.345 e. The van der Waals surface area contributed by atoms with Crippen LogP contribution >= 0.6 is 0 Å². The maximum absolute atomic E-state index is 11.1. The van der Waals surface area contributed by atoms with Crippen LogP contribution in [0.15, 0.2) is 11.1 Å². The van der Waals surface area contributed by atoms with Crippen molar-refractivity contribution in [2.75, 3.05) is 0 Å². The molecule has 0 spiro atoms. The highest BCUT2D eigenvalue weighted by Crippen LogP contribution is 1.85. The molecule has 0 fully saturated rings. The maximum atomic E-state index is 11.1. The Morgan fingerprint density at radius 2 is 2.33 bits per heavy atom. The third-order valence-corrected chi connectivity index (χ3v) is 1.56. The summed E-state index contributed by atoms with van der Waals surface area (Å²) in [5.74, 6) is 0.0625. The Morgan fingerprint density at radius 3 is 2.75 bits per heavy atom. The summed E-state index contributed by atoms with van der Waals surface area (Å²) in [5, 5.41) is 3.80. The van der Waals surface area contributed by atoms with E-state index < -0.39 is 0 Å². The predicted molar refractivity (Wildman–Crippen MR) is 42.8 cm³/mol. The first-order valence-electron chi connectivity index (χ1n) is 3.69. The number of nitrogens with zero attached hydrogens (tertiary/aromatic N) is 3.